The van der Waals surface area contributed by atoms with E-state index >= 15 is 0 Å². The van der Waals surface area contributed by atoms with Crippen molar-refractivity contribution in [1.29, 1.82) is 0 Å². The van der Waals surface area contributed by atoms with E-state index in [0.29, 0.717) is 11.9 Å². The lowest BCUT2D eigenvalue weighted by Gasteiger charge is -2.10. The van der Waals surface area contributed by atoms with Gasteiger partial charge >= 0.3 is 0 Å². The molecule has 2 heterocycles. The molecule has 2 N–H and O–H groups in total. The molecule has 0 spiro atoms. The number of hydrogen-bond donors (Lipinski definition) is 2. The largest absolute Gasteiger partial charge is 0.381 e. The Bertz CT molecular complexity index is 312. The first-order valence-corrected chi connectivity index (χ1v) is 5.21. The third-order valence-corrected chi connectivity index (χ3v) is 2.48. The summed E-state index contributed by atoms with van der Waals surface area (Å²) in [5.74, 6) is 2.11. The molecule has 0 aromatic carbocycles. The third kappa shape index (κ3) is 2.79. The van der Waals surface area contributed by atoms with Gasteiger partial charge in [-0.2, -0.15) is 4.98 Å². The number of hydrogen-bond acceptors (Lipinski definition) is 5. The van der Waals surface area contributed by atoms with Crippen molar-refractivity contribution in [3.63, 3.8) is 0 Å². The van der Waals surface area contributed by atoms with Gasteiger partial charge in [-0.1, -0.05) is 0 Å². The highest BCUT2D eigenvalue weighted by Gasteiger charge is 2.15. The van der Waals surface area contributed by atoms with Gasteiger partial charge in [-0.25, -0.2) is 4.98 Å². The second kappa shape index (κ2) is 4.93. The highest BCUT2D eigenvalue weighted by molar-refractivity contribution is 5.39. The van der Waals surface area contributed by atoms with Crippen LogP contribution in [0.15, 0.2) is 12.3 Å². The summed E-state index contributed by atoms with van der Waals surface area (Å²) in [5, 5.41) is 6.20. The minimum atomic E-state index is 0.609. The van der Waals surface area contributed by atoms with Crippen LogP contribution in [-0.4, -0.2) is 36.8 Å². The Kier molecular flexibility index (Phi) is 3.34. The molecule has 1 saturated heterocycles. The Morgan fingerprint density at radius 1 is 1.60 bits per heavy atom. The van der Waals surface area contributed by atoms with E-state index in [1.165, 1.54) is 0 Å². The fourth-order valence-corrected chi connectivity index (χ4v) is 1.57. The number of nitrogens with one attached hydrogen (secondary N) is 2. The summed E-state index contributed by atoms with van der Waals surface area (Å²) < 4.78 is 5.31. The zero-order valence-electron chi connectivity index (χ0n) is 8.86. The van der Waals surface area contributed by atoms with E-state index < -0.39 is 0 Å². The summed E-state index contributed by atoms with van der Waals surface area (Å²) >= 11 is 0. The van der Waals surface area contributed by atoms with Gasteiger partial charge in [0.05, 0.1) is 6.61 Å². The fraction of sp³-hybridized carbons (Fsp3) is 0.600. The Hall–Kier alpha value is -1.36. The van der Waals surface area contributed by atoms with E-state index in [0.717, 1.165) is 32.0 Å². The van der Waals surface area contributed by atoms with Crippen molar-refractivity contribution >= 4 is 11.8 Å². The zero-order chi connectivity index (χ0) is 10.5. The summed E-state index contributed by atoms with van der Waals surface area (Å²) in [4.78, 5) is 8.33. The van der Waals surface area contributed by atoms with Crippen LogP contribution in [0.5, 0.6) is 0 Å². The first-order valence-electron chi connectivity index (χ1n) is 5.21. The summed E-state index contributed by atoms with van der Waals surface area (Å²) in [6, 6.07) is 1.87. The Morgan fingerprint density at radius 3 is 3.27 bits per heavy atom. The van der Waals surface area contributed by atoms with Crippen molar-refractivity contribution in [2.75, 3.05) is 37.4 Å². The normalized spacial score (nSPS) is 20.2. The zero-order valence-corrected chi connectivity index (χ0v) is 8.86. The minimum Gasteiger partial charge on any atom is -0.381 e. The monoisotopic (exact) mass is 208 g/mol. The van der Waals surface area contributed by atoms with Crippen LogP contribution in [0.2, 0.25) is 0 Å². The SMILES string of the molecule is CNc1nccc(NCC2CCOC2)n1. The Balaban J connectivity index is 1.86. The molecule has 2 rings (SSSR count). The molecular weight excluding hydrogens is 192 g/mol. The van der Waals surface area contributed by atoms with Gasteiger partial charge in [0.25, 0.3) is 0 Å². The molecule has 1 aliphatic rings. The lowest BCUT2D eigenvalue weighted by atomic mass is 10.1. The van der Waals surface area contributed by atoms with Gasteiger partial charge in [0.1, 0.15) is 5.82 Å². The molecule has 0 bridgehead atoms. The average Bonchev–Trinajstić information content (AvgIpc) is 2.79. The molecule has 5 heteroatoms. The highest BCUT2D eigenvalue weighted by Crippen LogP contribution is 2.13. The minimum absolute atomic E-state index is 0.609. The van der Waals surface area contributed by atoms with Crippen LogP contribution >= 0.6 is 0 Å². The van der Waals surface area contributed by atoms with Gasteiger partial charge in [0.15, 0.2) is 0 Å². The highest BCUT2D eigenvalue weighted by atomic mass is 16.5. The van der Waals surface area contributed by atoms with Crippen LogP contribution in [0.25, 0.3) is 0 Å². The molecule has 0 radical (unpaired) electrons. The van der Waals surface area contributed by atoms with E-state index in [1.807, 2.05) is 13.1 Å². The molecule has 0 amide bonds. The number of aromatic nitrogens is 2. The lowest BCUT2D eigenvalue weighted by molar-refractivity contribution is 0.187. The summed E-state index contributed by atoms with van der Waals surface area (Å²) in [7, 11) is 1.81. The second-order valence-electron chi connectivity index (χ2n) is 3.63. The Morgan fingerprint density at radius 2 is 2.53 bits per heavy atom. The molecule has 1 fully saturated rings. The Labute approximate surface area is 89.3 Å². The molecule has 1 aromatic heterocycles. The van der Waals surface area contributed by atoms with Gasteiger partial charge < -0.3 is 15.4 Å². The van der Waals surface area contributed by atoms with Crippen LogP contribution in [0.3, 0.4) is 0 Å². The molecule has 82 valence electrons. The predicted molar refractivity (Wildman–Crippen MR) is 59.0 cm³/mol. The van der Waals surface area contributed by atoms with E-state index in [-0.39, 0.29) is 0 Å². The van der Waals surface area contributed by atoms with Crippen molar-refractivity contribution in [2.45, 2.75) is 6.42 Å². The van der Waals surface area contributed by atoms with Gasteiger partial charge in [-0.3, -0.25) is 0 Å². The van der Waals surface area contributed by atoms with Crippen LogP contribution < -0.4 is 10.6 Å². The van der Waals surface area contributed by atoms with Crippen molar-refractivity contribution < 1.29 is 4.74 Å². The fourth-order valence-electron chi connectivity index (χ4n) is 1.57. The molecule has 1 unspecified atom stereocenters. The molecule has 5 nitrogen and oxygen atoms in total. The van der Waals surface area contributed by atoms with Crippen LogP contribution in [0.4, 0.5) is 11.8 Å². The van der Waals surface area contributed by atoms with Gasteiger partial charge in [0, 0.05) is 32.3 Å². The molecule has 15 heavy (non-hydrogen) atoms. The molecule has 1 atom stereocenters. The average molecular weight is 208 g/mol. The maximum absolute atomic E-state index is 5.31. The van der Waals surface area contributed by atoms with Crippen molar-refractivity contribution in [2.24, 2.45) is 5.92 Å². The topological polar surface area (TPSA) is 59.1 Å². The first-order chi connectivity index (χ1) is 7.38. The van der Waals surface area contributed by atoms with Gasteiger partial charge in [-0.05, 0) is 12.5 Å². The lowest BCUT2D eigenvalue weighted by Crippen LogP contribution is -2.15. The van der Waals surface area contributed by atoms with Crippen molar-refractivity contribution in [1.82, 2.24) is 9.97 Å². The quantitative estimate of drug-likeness (QED) is 0.772. The molecule has 1 aliphatic heterocycles. The number of rotatable bonds is 4. The maximum atomic E-state index is 5.31. The van der Waals surface area contributed by atoms with E-state index in [2.05, 4.69) is 20.6 Å². The van der Waals surface area contributed by atoms with Crippen LogP contribution in [0, 0.1) is 5.92 Å². The van der Waals surface area contributed by atoms with Gasteiger partial charge in [-0.15, -0.1) is 0 Å². The molecule has 0 saturated carbocycles. The predicted octanol–water partition coefficient (Wildman–Crippen LogP) is 0.967. The number of nitrogens with zero attached hydrogens (tertiary/aromatic N) is 2. The summed E-state index contributed by atoms with van der Waals surface area (Å²) in [6.07, 6.45) is 2.88. The maximum Gasteiger partial charge on any atom is 0.224 e. The van der Waals surface area contributed by atoms with Crippen molar-refractivity contribution in [3.05, 3.63) is 12.3 Å². The smallest absolute Gasteiger partial charge is 0.224 e. The molecule has 1 aromatic rings. The van der Waals surface area contributed by atoms with E-state index in [1.54, 1.807) is 6.20 Å². The summed E-state index contributed by atoms with van der Waals surface area (Å²) in [5.41, 5.74) is 0. The van der Waals surface area contributed by atoms with Crippen LogP contribution in [0.1, 0.15) is 6.42 Å². The standard InChI is InChI=1S/C10H16N4O/c1-11-10-12-4-2-9(14-10)13-6-8-3-5-15-7-8/h2,4,8H,3,5-7H2,1H3,(H2,11,12,13,14). The second-order valence-corrected chi connectivity index (χ2v) is 3.63. The van der Waals surface area contributed by atoms with E-state index in [9.17, 15) is 0 Å². The van der Waals surface area contributed by atoms with Crippen molar-refractivity contribution in [3.8, 4) is 0 Å². The molecular formula is C10H16N4O. The molecule has 0 aliphatic carbocycles. The summed E-state index contributed by atoms with van der Waals surface area (Å²) in [6.45, 7) is 2.66. The number of anilines is 2. The first kappa shape index (κ1) is 10.2. The van der Waals surface area contributed by atoms with E-state index in [4.69, 9.17) is 4.74 Å². The van der Waals surface area contributed by atoms with Crippen LogP contribution in [-0.2, 0) is 4.74 Å². The third-order valence-electron chi connectivity index (χ3n) is 2.48. The number of ether oxygens (including phenoxy) is 1. The van der Waals surface area contributed by atoms with Gasteiger partial charge in [0.2, 0.25) is 5.95 Å².